The van der Waals surface area contributed by atoms with Crippen LogP contribution < -0.4 is 10.9 Å². The van der Waals surface area contributed by atoms with E-state index in [4.69, 9.17) is 4.74 Å². The molecule has 1 aliphatic rings. The number of H-pyrrole nitrogens is 1. The van der Waals surface area contributed by atoms with E-state index in [0.29, 0.717) is 29.8 Å². The first kappa shape index (κ1) is 25.1. The number of aromatic amines is 1. The number of ether oxygens (including phenoxy) is 1. The molecule has 0 bridgehead atoms. The van der Waals surface area contributed by atoms with Gasteiger partial charge in [0.2, 0.25) is 0 Å². The number of aryl methyl sites for hydroxylation is 2. The maximum absolute atomic E-state index is 12.8. The standard InChI is InChI=1S/C30H29N3O5/c1-18-6-4-5-7-24(18)19(2)38-29(37)31-26-25(27(34)32-33(26)3)22-10-8-20(9-11-22)21-12-14-23(15-13-21)30(16-17-30)28(35)36/h4-15,19H,16-17H2,1-3H3,(H,31,37)(H,32,34)(H,35,36). The third-order valence-corrected chi connectivity index (χ3v) is 7.30. The minimum Gasteiger partial charge on any atom is -0.481 e. The van der Waals surface area contributed by atoms with Crippen molar-refractivity contribution in [2.45, 2.75) is 38.2 Å². The molecule has 5 rings (SSSR count). The molecule has 8 nitrogen and oxygen atoms in total. The van der Waals surface area contributed by atoms with Gasteiger partial charge in [0.1, 0.15) is 11.9 Å². The smallest absolute Gasteiger partial charge is 0.413 e. The van der Waals surface area contributed by atoms with Gasteiger partial charge in [-0.2, -0.15) is 0 Å². The number of anilines is 1. The van der Waals surface area contributed by atoms with Gasteiger partial charge in [-0.3, -0.25) is 24.7 Å². The number of aromatic nitrogens is 2. The van der Waals surface area contributed by atoms with Crippen LogP contribution in [0.15, 0.2) is 77.6 Å². The molecule has 3 N–H and O–H groups in total. The molecule has 0 saturated heterocycles. The molecule has 1 amide bonds. The largest absolute Gasteiger partial charge is 0.481 e. The minimum atomic E-state index is -0.777. The quantitative estimate of drug-likeness (QED) is 0.291. The van der Waals surface area contributed by atoms with Crippen molar-refractivity contribution in [2.24, 2.45) is 7.05 Å². The molecule has 1 fully saturated rings. The predicted molar refractivity (Wildman–Crippen MR) is 145 cm³/mol. The normalized spacial score (nSPS) is 14.5. The lowest BCUT2D eigenvalue weighted by atomic mass is 9.93. The first-order chi connectivity index (χ1) is 18.2. The first-order valence-corrected chi connectivity index (χ1v) is 12.5. The number of carboxylic acids is 1. The lowest BCUT2D eigenvalue weighted by Crippen LogP contribution is -2.19. The number of carboxylic acid groups (broad SMARTS) is 1. The molecule has 3 aromatic carbocycles. The van der Waals surface area contributed by atoms with E-state index >= 15 is 0 Å². The average Bonchev–Trinajstić information content (AvgIpc) is 3.66. The van der Waals surface area contributed by atoms with Crippen molar-refractivity contribution < 1.29 is 19.4 Å². The number of hydrogen-bond acceptors (Lipinski definition) is 4. The maximum atomic E-state index is 12.8. The Morgan fingerprint density at radius 3 is 2.13 bits per heavy atom. The Bertz CT molecular complexity index is 1560. The highest BCUT2D eigenvalue weighted by atomic mass is 16.6. The summed E-state index contributed by atoms with van der Waals surface area (Å²) in [5.74, 6) is -0.474. The van der Waals surface area contributed by atoms with Gasteiger partial charge in [-0.15, -0.1) is 0 Å². The summed E-state index contributed by atoms with van der Waals surface area (Å²) < 4.78 is 7.05. The topological polar surface area (TPSA) is 113 Å². The average molecular weight is 512 g/mol. The van der Waals surface area contributed by atoms with Crippen LogP contribution in [0.3, 0.4) is 0 Å². The molecule has 38 heavy (non-hydrogen) atoms. The van der Waals surface area contributed by atoms with Crippen LogP contribution in [0, 0.1) is 6.92 Å². The lowest BCUT2D eigenvalue weighted by molar-refractivity contribution is -0.140. The number of nitrogens with one attached hydrogen (secondary N) is 2. The van der Waals surface area contributed by atoms with Crippen molar-refractivity contribution in [3.05, 3.63) is 99.8 Å². The van der Waals surface area contributed by atoms with Crippen LogP contribution in [0.25, 0.3) is 22.3 Å². The van der Waals surface area contributed by atoms with E-state index < -0.39 is 23.6 Å². The summed E-state index contributed by atoms with van der Waals surface area (Å²) in [6.45, 7) is 3.76. The number of rotatable bonds is 7. The Hall–Kier alpha value is -4.59. The number of carbonyl (C=O) groups excluding carboxylic acids is 1. The molecule has 1 saturated carbocycles. The predicted octanol–water partition coefficient (Wildman–Crippen LogP) is 5.78. The molecule has 1 unspecified atom stereocenters. The highest BCUT2D eigenvalue weighted by Gasteiger charge is 2.51. The third kappa shape index (κ3) is 4.61. The fourth-order valence-electron chi connectivity index (χ4n) is 4.91. The van der Waals surface area contributed by atoms with Crippen molar-refractivity contribution >= 4 is 17.9 Å². The van der Waals surface area contributed by atoms with Gasteiger partial charge in [0, 0.05) is 7.05 Å². The van der Waals surface area contributed by atoms with Crippen molar-refractivity contribution in [1.29, 1.82) is 0 Å². The molecule has 1 atom stereocenters. The molecule has 8 heteroatoms. The molecule has 4 aromatic rings. The monoisotopic (exact) mass is 511 g/mol. The van der Waals surface area contributed by atoms with Crippen LogP contribution in [0.2, 0.25) is 0 Å². The number of hydrogen-bond donors (Lipinski definition) is 3. The van der Waals surface area contributed by atoms with Gasteiger partial charge in [0.05, 0.1) is 11.0 Å². The van der Waals surface area contributed by atoms with E-state index in [1.807, 2.05) is 79.7 Å². The molecule has 0 spiro atoms. The van der Waals surface area contributed by atoms with E-state index in [1.54, 1.807) is 14.0 Å². The zero-order chi connectivity index (χ0) is 27.0. The van der Waals surface area contributed by atoms with Gasteiger partial charge < -0.3 is 9.84 Å². The van der Waals surface area contributed by atoms with Crippen LogP contribution in [0.5, 0.6) is 0 Å². The molecule has 1 aliphatic carbocycles. The molecular formula is C30H29N3O5. The molecule has 1 heterocycles. The molecule has 0 aliphatic heterocycles. The highest BCUT2D eigenvalue weighted by molar-refractivity contribution is 5.90. The van der Waals surface area contributed by atoms with Crippen LogP contribution >= 0.6 is 0 Å². The van der Waals surface area contributed by atoms with Gasteiger partial charge >= 0.3 is 12.1 Å². The summed E-state index contributed by atoms with van der Waals surface area (Å²) in [5, 5.41) is 14.9. The number of carbonyl (C=O) groups is 2. The number of aliphatic carboxylic acids is 1. The zero-order valence-corrected chi connectivity index (χ0v) is 21.4. The van der Waals surface area contributed by atoms with E-state index in [1.165, 1.54) is 4.68 Å². The zero-order valence-electron chi connectivity index (χ0n) is 21.4. The Labute approximate surface area is 219 Å². The van der Waals surface area contributed by atoms with Gasteiger partial charge in [0.25, 0.3) is 5.56 Å². The number of nitrogens with zero attached hydrogens (tertiary/aromatic N) is 1. The van der Waals surface area contributed by atoms with Gasteiger partial charge in [0.15, 0.2) is 0 Å². The second-order valence-electron chi connectivity index (χ2n) is 9.79. The van der Waals surface area contributed by atoms with Crippen LogP contribution in [-0.4, -0.2) is 26.9 Å². The summed E-state index contributed by atoms with van der Waals surface area (Å²) in [5.41, 5.74) is 4.50. The van der Waals surface area contributed by atoms with E-state index in [2.05, 4.69) is 10.4 Å². The first-order valence-electron chi connectivity index (χ1n) is 12.5. The van der Waals surface area contributed by atoms with Crippen LogP contribution in [0.4, 0.5) is 10.6 Å². The van der Waals surface area contributed by atoms with E-state index in [-0.39, 0.29) is 5.56 Å². The fraction of sp³-hybridized carbons (Fsp3) is 0.233. The minimum absolute atomic E-state index is 0.303. The molecule has 0 radical (unpaired) electrons. The van der Waals surface area contributed by atoms with Crippen molar-refractivity contribution in [3.8, 4) is 22.3 Å². The lowest BCUT2D eigenvalue weighted by Gasteiger charge is -2.16. The fourth-order valence-corrected chi connectivity index (χ4v) is 4.91. The maximum Gasteiger partial charge on any atom is 0.413 e. The summed E-state index contributed by atoms with van der Waals surface area (Å²) in [6.07, 6.45) is 0.197. The second-order valence-corrected chi connectivity index (χ2v) is 9.79. The van der Waals surface area contributed by atoms with Crippen LogP contribution in [0.1, 0.15) is 42.6 Å². The number of benzene rings is 3. The van der Waals surface area contributed by atoms with Gasteiger partial charge in [-0.25, -0.2) is 4.79 Å². The summed E-state index contributed by atoms with van der Waals surface area (Å²) in [4.78, 5) is 37.1. The highest BCUT2D eigenvalue weighted by Crippen LogP contribution is 2.48. The molecule has 1 aromatic heterocycles. The van der Waals surface area contributed by atoms with Crippen LogP contribution in [-0.2, 0) is 22.0 Å². The summed E-state index contributed by atoms with van der Waals surface area (Å²) in [6, 6.07) is 22.7. The number of amides is 1. The molecule has 194 valence electrons. The van der Waals surface area contributed by atoms with Crippen molar-refractivity contribution in [3.63, 3.8) is 0 Å². The second kappa shape index (κ2) is 9.70. The Morgan fingerprint density at radius 2 is 1.55 bits per heavy atom. The Balaban J connectivity index is 1.34. The van der Waals surface area contributed by atoms with E-state index in [9.17, 15) is 19.5 Å². The van der Waals surface area contributed by atoms with E-state index in [0.717, 1.165) is 27.8 Å². The third-order valence-electron chi connectivity index (χ3n) is 7.30. The summed E-state index contributed by atoms with van der Waals surface area (Å²) in [7, 11) is 1.64. The SMILES string of the molecule is Cc1ccccc1C(C)OC(=O)Nc1c(-c2ccc(-c3ccc(C4(C(=O)O)CC4)cc3)cc2)c(=O)[nH]n1C. The van der Waals surface area contributed by atoms with Gasteiger partial charge in [-0.1, -0.05) is 72.8 Å². The molecular weight excluding hydrogens is 482 g/mol. The van der Waals surface area contributed by atoms with Gasteiger partial charge in [-0.05, 0) is 60.1 Å². The Kier molecular flexibility index (Phi) is 6.40. The Morgan fingerprint density at radius 1 is 0.974 bits per heavy atom. The summed E-state index contributed by atoms with van der Waals surface area (Å²) >= 11 is 0. The van der Waals surface area contributed by atoms with Crippen molar-refractivity contribution in [1.82, 2.24) is 9.78 Å². The van der Waals surface area contributed by atoms with Crippen molar-refractivity contribution in [2.75, 3.05) is 5.32 Å².